The van der Waals surface area contributed by atoms with E-state index in [2.05, 4.69) is 5.32 Å². The lowest BCUT2D eigenvalue weighted by molar-refractivity contribution is -0.131. The Morgan fingerprint density at radius 2 is 1.69 bits per heavy atom. The maximum absolute atomic E-state index is 12.5. The van der Waals surface area contributed by atoms with Gasteiger partial charge in [-0.3, -0.25) is 9.59 Å². The number of hydrogen-bond donors (Lipinski definition) is 1. The van der Waals surface area contributed by atoms with E-state index in [1.807, 2.05) is 30.3 Å². The van der Waals surface area contributed by atoms with E-state index in [9.17, 15) is 18.0 Å². The minimum Gasteiger partial charge on any atom is -0.454 e. The van der Waals surface area contributed by atoms with Gasteiger partial charge in [0.25, 0.3) is 5.91 Å². The predicted molar refractivity (Wildman–Crippen MR) is 117 cm³/mol. The molecule has 2 aromatic carbocycles. The maximum Gasteiger partial charge on any atom is 0.251 e. The monoisotopic (exact) mass is 457 g/mol. The molecule has 0 aromatic heterocycles. The Morgan fingerprint density at radius 3 is 2.44 bits per heavy atom. The lowest BCUT2D eigenvalue weighted by atomic mass is 10.2. The molecule has 0 saturated carbocycles. The molecule has 10 heteroatoms. The van der Waals surface area contributed by atoms with Crippen molar-refractivity contribution in [3.05, 3.63) is 65.1 Å². The molecule has 0 aliphatic carbocycles. The van der Waals surface area contributed by atoms with Gasteiger partial charge in [-0.2, -0.15) is 4.31 Å². The molecule has 2 heterocycles. The first kappa shape index (κ1) is 21.8. The zero-order valence-electron chi connectivity index (χ0n) is 17.3. The van der Waals surface area contributed by atoms with Gasteiger partial charge >= 0.3 is 0 Å². The van der Waals surface area contributed by atoms with Crippen LogP contribution in [0.5, 0.6) is 11.5 Å². The highest BCUT2D eigenvalue weighted by atomic mass is 32.2. The van der Waals surface area contributed by atoms with Crippen LogP contribution in [-0.2, 0) is 14.8 Å². The van der Waals surface area contributed by atoms with E-state index in [0.717, 1.165) is 5.56 Å². The second-order valence-corrected chi connectivity index (χ2v) is 9.11. The third-order valence-corrected chi connectivity index (χ3v) is 6.78. The van der Waals surface area contributed by atoms with Gasteiger partial charge in [0.1, 0.15) is 0 Å². The van der Waals surface area contributed by atoms with Crippen molar-refractivity contribution in [1.29, 1.82) is 0 Å². The van der Waals surface area contributed by atoms with Crippen molar-refractivity contribution < 1.29 is 27.5 Å². The number of amides is 2. The Morgan fingerprint density at radius 1 is 0.969 bits per heavy atom. The van der Waals surface area contributed by atoms with E-state index in [0.29, 0.717) is 17.1 Å². The van der Waals surface area contributed by atoms with Gasteiger partial charge in [-0.1, -0.05) is 30.3 Å². The van der Waals surface area contributed by atoms with Gasteiger partial charge in [0.15, 0.2) is 11.5 Å². The van der Waals surface area contributed by atoms with Crippen molar-refractivity contribution in [3.8, 4) is 11.5 Å². The van der Waals surface area contributed by atoms with Crippen LogP contribution in [0.25, 0.3) is 6.08 Å². The maximum atomic E-state index is 12.5. The average molecular weight is 458 g/mol. The quantitative estimate of drug-likeness (QED) is 0.701. The molecule has 4 rings (SSSR count). The first-order chi connectivity index (χ1) is 15.4. The summed E-state index contributed by atoms with van der Waals surface area (Å²) in [6.07, 6.45) is 1.55. The zero-order valence-corrected chi connectivity index (χ0v) is 18.1. The predicted octanol–water partition coefficient (Wildman–Crippen LogP) is 1.29. The molecular weight excluding hydrogens is 434 g/mol. The van der Waals surface area contributed by atoms with Crippen LogP contribution in [0.2, 0.25) is 0 Å². The van der Waals surface area contributed by atoms with E-state index in [1.165, 1.54) is 9.71 Å². The molecule has 2 amide bonds. The molecule has 0 unspecified atom stereocenters. The van der Waals surface area contributed by atoms with Crippen LogP contribution < -0.4 is 14.8 Å². The van der Waals surface area contributed by atoms with Crippen molar-refractivity contribution >= 4 is 27.9 Å². The molecule has 32 heavy (non-hydrogen) atoms. The minimum atomic E-state index is -3.57. The summed E-state index contributed by atoms with van der Waals surface area (Å²) in [6, 6.07) is 14.0. The fraction of sp³-hybridized carbons (Fsp3) is 0.273. The highest BCUT2D eigenvalue weighted by Crippen LogP contribution is 2.32. The highest BCUT2D eigenvalue weighted by Gasteiger charge is 2.27. The normalized spacial score (nSPS) is 16.3. The lowest BCUT2D eigenvalue weighted by Crippen LogP contribution is -2.52. The molecule has 2 aliphatic heterocycles. The van der Waals surface area contributed by atoms with Crippen molar-refractivity contribution in [3.63, 3.8) is 0 Å². The van der Waals surface area contributed by atoms with Gasteiger partial charge in [-0.05, 0) is 29.8 Å². The molecular formula is C22H23N3O6S. The number of sulfonamides is 1. The van der Waals surface area contributed by atoms with Crippen LogP contribution in [0, 0.1) is 0 Å². The SMILES string of the molecule is O=C(NCC(=O)N1CCN(S(=O)(=O)C=Cc2ccccc2)CC1)c1ccc2c(c1)OCO2. The molecule has 1 saturated heterocycles. The van der Waals surface area contributed by atoms with Crippen molar-refractivity contribution in [2.75, 3.05) is 39.5 Å². The fourth-order valence-corrected chi connectivity index (χ4v) is 4.59. The molecule has 0 bridgehead atoms. The molecule has 0 atom stereocenters. The summed E-state index contributed by atoms with van der Waals surface area (Å²) >= 11 is 0. The molecule has 1 N–H and O–H groups in total. The Bertz CT molecular complexity index is 1130. The third-order valence-electron chi connectivity index (χ3n) is 5.22. The molecule has 0 radical (unpaired) electrons. The van der Waals surface area contributed by atoms with Crippen LogP contribution in [-0.4, -0.2) is 69.0 Å². The minimum absolute atomic E-state index is 0.114. The van der Waals surface area contributed by atoms with Gasteiger partial charge in [0.2, 0.25) is 22.7 Å². The number of piperazine rings is 1. The van der Waals surface area contributed by atoms with Crippen LogP contribution in [0.3, 0.4) is 0 Å². The summed E-state index contributed by atoms with van der Waals surface area (Å²) in [5.74, 6) is 0.395. The zero-order chi connectivity index (χ0) is 22.6. The van der Waals surface area contributed by atoms with E-state index in [1.54, 1.807) is 29.2 Å². The van der Waals surface area contributed by atoms with Crippen molar-refractivity contribution in [2.24, 2.45) is 0 Å². The number of nitrogens with zero attached hydrogens (tertiary/aromatic N) is 2. The molecule has 1 fully saturated rings. The largest absolute Gasteiger partial charge is 0.454 e. The Kier molecular flexibility index (Phi) is 6.42. The number of benzene rings is 2. The molecule has 168 valence electrons. The summed E-state index contributed by atoms with van der Waals surface area (Å²) in [5.41, 5.74) is 1.16. The Balaban J connectivity index is 1.26. The smallest absolute Gasteiger partial charge is 0.251 e. The van der Waals surface area contributed by atoms with Gasteiger partial charge in [0, 0.05) is 37.2 Å². The number of nitrogens with one attached hydrogen (secondary N) is 1. The summed E-state index contributed by atoms with van der Waals surface area (Å²) in [7, 11) is -3.57. The summed E-state index contributed by atoms with van der Waals surface area (Å²) in [4.78, 5) is 26.4. The number of carbonyl (C=O) groups excluding carboxylic acids is 2. The number of rotatable bonds is 6. The topological polar surface area (TPSA) is 105 Å². The standard InChI is InChI=1S/C22H23N3O6S/c26-21(15-23-22(27)18-6-7-19-20(14-18)31-16-30-19)24-9-11-25(12-10-24)32(28,29)13-8-17-4-2-1-3-5-17/h1-8,13-14H,9-12,15-16H2,(H,23,27). The van der Waals surface area contributed by atoms with Gasteiger partial charge in [0.05, 0.1) is 6.54 Å². The second-order valence-electron chi connectivity index (χ2n) is 7.29. The van der Waals surface area contributed by atoms with E-state index in [-0.39, 0.29) is 45.4 Å². The van der Waals surface area contributed by atoms with E-state index >= 15 is 0 Å². The highest BCUT2D eigenvalue weighted by molar-refractivity contribution is 7.92. The number of hydrogen-bond acceptors (Lipinski definition) is 6. The average Bonchev–Trinajstić information content (AvgIpc) is 3.30. The van der Waals surface area contributed by atoms with Crippen LogP contribution in [0.15, 0.2) is 53.9 Å². The Labute approximate surface area is 186 Å². The lowest BCUT2D eigenvalue weighted by Gasteiger charge is -2.33. The number of fused-ring (bicyclic) bond motifs is 1. The van der Waals surface area contributed by atoms with Gasteiger partial charge < -0.3 is 19.7 Å². The summed E-state index contributed by atoms with van der Waals surface area (Å²) in [6.45, 7) is 0.859. The third kappa shape index (κ3) is 5.09. The van der Waals surface area contributed by atoms with Crippen LogP contribution in [0.4, 0.5) is 0 Å². The molecule has 2 aliphatic rings. The fourth-order valence-electron chi connectivity index (χ4n) is 3.41. The Hall–Kier alpha value is -3.37. The number of carbonyl (C=O) groups is 2. The van der Waals surface area contributed by atoms with Gasteiger partial charge in [-0.25, -0.2) is 8.42 Å². The number of ether oxygens (including phenoxy) is 2. The summed E-state index contributed by atoms with van der Waals surface area (Å²) < 4.78 is 36.9. The molecule has 2 aromatic rings. The summed E-state index contributed by atoms with van der Waals surface area (Å²) in [5, 5.41) is 3.78. The molecule has 0 spiro atoms. The van der Waals surface area contributed by atoms with E-state index in [4.69, 9.17) is 9.47 Å². The van der Waals surface area contributed by atoms with E-state index < -0.39 is 15.9 Å². The van der Waals surface area contributed by atoms with Crippen LogP contribution >= 0.6 is 0 Å². The van der Waals surface area contributed by atoms with Crippen molar-refractivity contribution in [1.82, 2.24) is 14.5 Å². The van der Waals surface area contributed by atoms with Crippen molar-refractivity contribution in [2.45, 2.75) is 0 Å². The molecule has 9 nitrogen and oxygen atoms in total. The first-order valence-corrected chi connectivity index (χ1v) is 11.6. The van der Waals surface area contributed by atoms with Crippen LogP contribution in [0.1, 0.15) is 15.9 Å². The van der Waals surface area contributed by atoms with Gasteiger partial charge in [-0.15, -0.1) is 0 Å². The first-order valence-electron chi connectivity index (χ1n) is 10.1. The second kappa shape index (κ2) is 9.41.